The molecular formula is C20H19FN2O3S2. The van der Waals surface area contributed by atoms with Gasteiger partial charge in [0.25, 0.3) is 5.91 Å². The molecule has 8 heteroatoms. The highest BCUT2D eigenvalue weighted by atomic mass is 32.2. The number of carbonyl (C=O) groups excluding carboxylic acids is 2. The predicted octanol–water partition coefficient (Wildman–Crippen LogP) is 4.26. The molecular weight excluding hydrogens is 399 g/mol. The summed E-state index contributed by atoms with van der Waals surface area (Å²) in [4.78, 5) is 29.9. The van der Waals surface area contributed by atoms with E-state index < -0.39 is 17.7 Å². The van der Waals surface area contributed by atoms with E-state index in [0.717, 1.165) is 16.2 Å². The third-order valence-corrected chi connectivity index (χ3v) is 5.90. The number of hydrogen-bond donors (Lipinski definition) is 0. The average Bonchev–Trinajstić information content (AvgIpc) is 3.00. The number of nitrogens with zero attached hydrogens (tertiary/aromatic N) is 2. The van der Waals surface area contributed by atoms with Crippen LogP contribution in [0.25, 0.3) is 10.2 Å². The monoisotopic (exact) mass is 418 g/mol. The SMILES string of the molecule is COC(=O)Cn1c(=NC(=O)c2ccc(SC(C)C)cc2)sc2cccc(F)c21. The van der Waals surface area contributed by atoms with E-state index in [1.54, 1.807) is 36.0 Å². The van der Waals surface area contributed by atoms with Gasteiger partial charge in [-0.05, 0) is 36.4 Å². The zero-order valence-corrected chi connectivity index (χ0v) is 17.3. The van der Waals surface area contributed by atoms with Crippen LogP contribution in [0.3, 0.4) is 0 Å². The third-order valence-electron chi connectivity index (χ3n) is 3.84. The van der Waals surface area contributed by atoms with Crippen LogP contribution >= 0.6 is 23.1 Å². The number of fused-ring (bicyclic) bond motifs is 1. The molecule has 5 nitrogen and oxygen atoms in total. The van der Waals surface area contributed by atoms with E-state index in [0.29, 0.717) is 15.5 Å². The van der Waals surface area contributed by atoms with Crippen LogP contribution in [0.15, 0.2) is 52.4 Å². The Hall–Kier alpha value is -2.45. The Bertz CT molecular complexity index is 1090. The molecule has 0 fully saturated rings. The van der Waals surface area contributed by atoms with E-state index >= 15 is 0 Å². The maximum Gasteiger partial charge on any atom is 0.325 e. The number of methoxy groups -OCH3 is 1. The normalized spacial score (nSPS) is 12.0. The molecule has 1 aromatic heterocycles. The predicted molar refractivity (Wildman–Crippen MR) is 109 cm³/mol. The van der Waals surface area contributed by atoms with Crippen LogP contribution in [0, 0.1) is 5.82 Å². The lowest BCUT2D eigenvalue weighted by atomic mass is 10.2. The molecule has 2 aromatic carbocycles. The molecule has 0 spiro atoms. The van der Waals surface area contributed by atoms with Gasteiger partial charge in [-0.2, -0.15) is 4.99 Å². The Labute approximate surface area is 169 Å². The van der Waals surface area contributed by atoms with Crippen molar-refractivity contribution in [1.29, 1.82) is 0 Å². The van der Waals surface area contributed by atoms with Crippen LogP contribution in [-0.4, -0.2) is 28.8 Å². The fourth-order valence-electron chi connectivity index (χ4n) is 2.61. The number of ether oxygens (including phenoxy) is 1. The largest absolute Gasteiger partial charge is 0.468 e. The summed E-state index contributed by atoms with van der Waals surface area (Å²) in [6, 6.07) is 11.8. The summed E-state index contributed by atoms with van der Waals surface area (Å²) in [5.41, 5.74) is 0.656. The summed E-state index contributed by atoms with van der Waals surface area (Å²) in [6.45, 7) is 3.97. The van der Waals surface area contributed by atoms with Gasteiger partial charge in [0.05, 0.1) is 17.3 Å². The van der Waals surface area contributed by atoms with Crippen LogP contribution < -0.4 is 4.80 Å². The first-order valence-electron chi connectivity index (χ1n) is 8.59. The maximum atomic E-state index is 14.3. The molecule has 0 bridgehead atoms. The first kappa shape index (κ1) is 20.3. The topological polar surface area (TPSA) is 60.7 Å². The Morgan fingerprint density at radius 3 is 2.57 bits per heavy atom. The number of rotatable bonds is 5. The zero-order chi connectivity index (χ0) is 20.3. The minimum atomic E-state index is -0.549. The first-order valence-corrected chi connectivity index (χ1v) is 10.3. The number of esters is 1. The van der Waals surface area contributed by atoms with Gasteiger partial charge in [0, 0.05) is 15.7 Å². The number of benzene rings is 2. The molecule has 0 saturated heterocycles. The second-order valence-corrected chi connectivity index (χ2v) is 8.90. The summed E-state index contributed by atoms with van der Waals surface area (Å²) in [5, 5.41) is 0.442. The average molecular weight is 419 g/mol. The minimum absolute atomic E-state index is 0.229. The highest BCUT2D eigenvalue weighted by molar-refractivity contribution is 7.99. The van der Waals surface area contributed by atoms with Crippen molar-refractivity contribution in [3.05, 3.63) is 58.6 Å². The molecule has 0 saturated carbocycles. The van der Waals surface area contributed by atoms with E-state index in [4.69, 9.17) is 4.74 Å². The van der Waals surface area contributed by atoms with Crippen LogP contribution in [0.2, 0.25) is 0 Å². The van der Waals surface area contributed by atoms with Gasteiger partial charge in [0.15, 0.2) is 4.80 Å². The van der Waals surface area contributed by atoms with Crippen LogP contribution in [0.4, 0.5) is 4.39 Å². The Morgan fingerprint density at radius 1 is 1.21 bits per heavy atom. The molecule has 1 heterocycles. The molecule has 0 aliphatic rings. The number of hydrogen-bond acceptors (Lipinski definition) is 5. The van der Waals surface area contributed by atoms with E-state index in [2.05, 4.69) is 18.8 Å². The van der Waals surface area contributed by atoms with Gasteiger partial charge in [-0.1, -0.05) is 31.3 Å². The minimum Gasteiger partial charge on any atom is -0.468 e. The van der Waals surface area contributed by atoms with Crippen molar-refractivity contribution in [2.75, 3.05) is 7.11 Å². The molecule has 0 radical (unpaired) electrons. The second kappa shape index (κ2) is 8.70. The van der Waals surface area contributed by atoms with Crippen LogP contribution in [-0.2, 0) is 16.1 Å². The van der Waals surface area contributed by atoms with Crippen LogP contribution in [0.1, 0.15) is 24.2 Å². The summed E-state index contributed by atoms with van der Waals surface area (Å²) in [5.74, 6) is -1.49. The summed E-state index contributed by atoms with van der Waals surface area (Å²) >= 11 is 2.85. The highest BCUT2D eigenvalue weighted by Gasteiger charge is 2.15. The molecule has 28 heavy (non-hydrogen) atoms. The first-order chi connectivity index (χ1) is 13.4. The summed E-state index contributed by atoms with van der Waals surface area (Å²) < 4.78 is 21.0. The van der Waals surface area contributed by atoms with E-state index in [9.17, 15) is 14.0 Å². The lowest BCUT2D eigenvalue weighted by Gasteiger charge is -2.05. The number of carbonyl (C=O) groups is 2. The smallest absolute Gasteiger partial charge is 0.325 e. The van der Waals surface area contributed by atoms with Crippen molar-refractivity contribution in [3.8, 4) is 0 Å². The summed E-state index contributed by atoms with van der Waals surface area (Å²) in [6.07, 6.45) is 0. The quantitative estimate of drug-likeness (QED) is 0.459. The third kappa shape index (κ3) is 4.51. The molecule has 0 aliphatic carbocycles. The fraction of sp³-hybridized carbons (Fsp3) is 0.250. The number of thioether (sulfide) groups is 1. The zero-order valence-electron chi connectivity index (χ0n) is 15.6. The second-order valence-electron chi connectivity index (χ2n) is 6.24. The van der Waals surface area contributed by atoms with Gasteiger partial charge in [-0.25, -0.2) is 4.39 Å². The fourth-order valence-corrected chi connectivity index (χ4v) is 4.49. The standard InChI is InChI=1S/C20H19FN2O3S2/c1-12(2)27-14-9-7-13(8-10-14)19(25)22-20-23(11-17(24)26-3)18-15(21)5-4-6-16(18)28-20/h4-10,12H,11H2,1-3H3. The Balaban J connectivity index is 2.03. The molecule has 146 valence electrons. The van der Waals surface area contributed by atoms with Crippen molar-refractivity contribution in [2.45, 2.75) is 30.5 Å². The maximum absolute atomic E-state index is 14.3. The Kier molecular flexibility index (Phi) is 6.31. The van der Waals surface area contributed by atoms with Crippen molar-refractivity contribution in [2.24, 2.45) is 4.99 Å². The number of aromatic nitrogens is 1. The number of para-hydroxylation sites is 1. The van der Waals surface area contributed by atoms with Gasteiger partial charge >= 0.3 is 5.97 Å². The van der Waals surface area contributed by atoms with Gasteiger partial charge in [-0.3, -0.25) is 9.59 Å². The number of amides is 1. The van der Waals surface area contributed by atoms with E-state index in [1.807, 2.05) is 12.1 Å². The van der Waals surface area contributed by atoms with Crippen molar-refractivity contribution in [1.82, 2.24) is 4.57 Å². The molecule has 0 unspecified atom stereocenters. The van der Waals surface area contributed by atoms with Crippen molar-refractivity contribution < 1.29 is 18.7 Å². The van der Waals surface area contributed by atoms with E-state index in [-0.39, 0.29) is 16.9 Å². The van der Waals surface area contributed by atoms with Gasteiger partial charge in [-0.15, -0.1) is 11.8 Å². The van der Waals surface area contributed by atoms with Gasteiger partial charge in [0.1, 0.15) is 12.4 Å². The molecule has 0 aliphatic heterocycles. The highest BCUT2D eigenvalue weighted by Crippen LogP contribution is 2.23. The summed E-state index contributed by atoms with van der Waals surface area (Å²) in [7, 11) is 1.26. The lowest BCUT2D eigenvalue weighted by molar-refractivity contribution is -0.141. The number of halogens is 1. The molecule has 1 amide bonds. The van der Waals surface area contributed by atoms with Crippen LogP contribution in [0.5, 0.6) is 0 Å². The lowest BCUT2D eigenvalue weighted by Crippen LogP contribution is -2.22. The van der Waals surface area contributed by atoms with Gasteiger partial charge in [0.2, 0.25) is 0 Å². The number of thiazole rings is 1. The molecule has 3 rings (SSSR count). The van der Waals surface area contributed by atoms with Crippen molar-refractivity contribution in [3.63, 3.8) is 0 Å². The molecule has 0 atom stereocenters. The molecule has 0 N–H and O–H groups in total. The Morgan fingerprint density at radius 2 is 1.93 bits per heavy atom. The van der Waals surface area contributed by atoms with E-state index in [1.165, 1.54) is 17.7 Å². The van der Waals surface area contributed by atoms with Gasteiger partial charge < -0.3 is 9.30 Å². The molecule has 3 aromatic rings. The van der Waals surface area contributed by atoms with Crippen molar-refractivity contribution >= 4 is 45.2 Å².